The van der Waals surface area contributed by atoms with Gasteiger partial charge in [-0.1, -0.05) is 6.92 Å². The number of likely N-dealkylation sites (N-methyl/N-ethyl adjacent to an activating group) is 2. The fourth-order valence-corrected chi connectivity index (χ4v) is 2.70. The molecule has 1 aromatic rings. The molecule has 1 saturated heterocycles. The van der Waals surface area contributed by atoms with E-state index in [1.165, 1.54) is 6.42 Å². The molecule has 0 aromatic carbocycles. The average Bonchev–Trinajstić information content (AvgIpc) is 2.97. The highest BCUT2D eigenvalue weighted by Gasteiger charge is 2.27. The van der Waals surface area contributed by atoms with Gasteiger partial charge in [0.1, 0.15) is 0 Å². The van der Waals surface area contributed by atoms with Crippen LogP contribution in [0.4, 0.5) is 5.69 Å². The molecule has 0 bridgehead atoms. The Morgan fingerprint density at radius 3 is 2.95 bits per heavy atom. The number of carbonyl (C=O) groups is 1. The van der Waals surface area contributed by atoms with Crippen molar-refractivity contribution in [3.63, 3.8) is 0 Å². The first-order valence-electron chi connectivity index (χ1n) is 6.84. The van der Waals surface area contributed by atoms with E-state index in [9.17, 15) is 4.79 Å². The predicted molar refractivity (Wildman–Crippen MR) is 75.0 cm³/mol. The van der Waals surface area contributed by atoms with Crippen LogP contribution in [0.25, 0.3) is 0 Å². The second kappa shape index (κ2) is 5.61. The number of nitrogen functional groups attached to an aromatic ring is 1. The van der Waals surface area contributed by atoms with Gasteiger partial charge >= 0.3 is 0 Å². The molecule has 2 rings (SSSR count). The summed E-state index contributed by atoms with van der Waals surface area (Å²) >= 11 is 0. The summed E-state index contributed by atoms with van der Waals surface area (Å²) in [5, 5.41) is 6.75. The van der Waals surface area contributed by atoms with Gasteiger partial charge in [-0.3, -0.25) is 14.8 Å². The van der Waals surface area contributed by atoms with Crippen molar-refractivity contribution < 1.29 is 4.79 Å². The van der Waals surface area contributed by atoms with Crippen molar-refractivity contribution in [1.29, 1.82) is 0 Å². The van der Waals surface area contributed by atoms with Crippen LogP contribution >= 0.6 is 0 Å². The Hall–Kier alpha value is -1.56. The molecule has 0 spiro atoms. The van der Waals surface area contributed by atoms with E-state index in [4.69, 9.17) is 5.73 Å². The van der Waals surface area contributed by atoms with Gasteiger partial charge in [0, 0.05) is 19.6 Å². The number of aryl methyl sites for hydroxylation is 1. The van der Waals surface area contributed by atoms with E-state index in [1.54, 1.807) is 4.90 Å². The Morgan fingerprint density at radius 2 is 2.37 bits per heavy atom. The van der Waals surface area contributed by atoms with Crippen LogP contribution in [0, 0.1) is 6.92 Å². The van der Waals surface area contributed by atoms with Crippen molar-refractivity contribution >= 4 is 11.6 Å². The van der Waals surface area contributed by atoms with Crippen molar-refractivity contribution in [2.45, 2.75) is 32.7 Å². The minimum Gasteiger partial charge on any atom is -0.395 e. The second-order valence-corrected chi connectivity index (χ2v) is 5.22. The lowest BCUT2D eigenvalue weighted by molar-refractivity contribution is 0.0750. The van der Waals surface area contributed by atoms with E-state index in [2.05, 4.69) is 22.0 Å². The molecule has 19 heavy (non-hydrogen) atoms. The van der Waals surface area contributed by atoms with Gasteiger partial charge in [0.05, 0.1) is 11.4 Å². The molecule has 1 aromatic heterocycles. The van der Waals surface area contributed by atoms with Crippen molar-refractivity contribution in [3.05, 3.63) is 11.4 Å². The summed E-state index contributed by atoms with van der Waals surface area (Å²) in [5.41, 5.74) is 7.38. The smallest absolute Gasteiger partial charge is 0.276 e. The first-order chi connectivity index (χ1) is 9.04. The maximum Gasteiger partial charge on any atom is 0.276 e. The SMILES string of the molecule is CCN1CCCC1CN(C)C(=O)c1n[nH]c(C)c1N. The zero-order valence-electron chi connectivity index (χ0n) is 11.9. The largest absolute Gasteiger partial charge is 0.395 e. The monoisotopic (exact) mass is 265 g/mol. The molecule has 0 radical (unpaired) electrons. The highest BCUT2D eigenvalue weighted by molar-refractivity contribution is 5.97. The van der Waals surface area contributed by atoms with E-state index < -0.39 is 0 Å². The number of nitrogens with two attached hydrogens (primary N) is 1. The summed E-state index contributed by atoms with van der Waals surface area (Å²) in [5.74, 6) is -0.107. The summed E-state index contributed by atoms with van der Waals surface area (Å²) < 4.78 is 0. The van der Waals surface area contributed by atoms with Crippen molar-refractivity contribution in [2.75, 3.05) is 32.4 Å². The van der Waals surface area contributed by atoms with E-state index in [1.807, 2.05) is 14.0 Å². The standard InChI is InChI=1S/C13H23N5O/c1-4-18-7-5-6-10(18)8-17(3)13(19)12-11(14)9(2)15-16-12/h10H,4-8,14H2,1-3H3,(H,15,16). The van der Waals surface area contributed by atoms with Gasteiger partial charge in [-0.15, -0.1) is 0 Å². The summed E-state index contributed by atoms with van der Waals surface area (Å²) in [7, 11) is 1.82. The maximum absolute atomic E-state index is 12.3. The zero-order valence-corrected chi connectivity index (χ0v) is 11.9. The number of hydrogen-bond acceptors (Lipinski definition) is 4. The highest BCUT2D eigenvalue weighted by Crippen LogP contribution is 2.19. The molecule has 0 aliphatic carbocycles. The van der Waals surface area contributed by atoms with Crippen molar-refractivity contribution in [1.82, 2.24) is 20.0 Å². The lowest BCUT2D eigenvalue weighted by atomic mass is 10.2. The van der Waals surface area contributed by atoms with Gasteiger partial charge in [-0.25, -0.2) is 0 Å². The van der Waals surface area contributed by atoms with Crippen LogP contribution in [0.15, 0.2) is 0 Å². The number of aromatic amines is 1. The average molecular weight is 265 g/mol. The minimum atomic E-state index is -0.107. The lowest BCUT2D eigenvalue weighted by Crippen LogP contribution is -2.41. The molecule has 6 nitrogen and oxygen atoms in total. The fraction of sp³-hybridized carbons (Fsp3) is 0.692. The van der Waals surface area contributed by atoms with Crippen LogP contribution in [-0.2, 0) is 0 Å². The van der Waals surface area contributed by atoms with E-state index in [0.29, 0.717) is 17.4 Å². The molecule has 1 aliphatic heterocycles. The Balaban J connectivity index is 2.01. The van der Waals surface area contributed by atoms with Gasteiger partial charge in [0.2, 0.25) is 0 Å². The van der Waals surface area contributed by atoms with Gasteiger partial charge < -0.3 is 10.6 Å². The molecule has 6 heteroatoms. The lowest BCUT2D eigenvalue weighted by Gasteiger charge is -2.27. The molecule has 0 saturated carbocycles. The van der Waals surface area contributed by atoms with E-state index in [0.717, 1.165) is 31.7 Å². The Kier molecular flexibility index (Phi) is 4.09. The number of nitrogens with one attached hydrogen (secondary N) is 1. The number of carbonyl (C=O) groups excluding carboxylic acids is 1. The quantitative estimate of drug-likeness (QED) is 0.846. The normalized spacial score (nSPS) is 19.8. The third-order valence-electron chi connectivity index (χ3n) is 3.93. The fourth-order valence-electron chi connectivity index (χ4n) is 2.70. The molecule has 1 amide bonds. The molecule has 3 N–H and O–H groups in total. The number of anilines is 1. The number of amides is 1. The van der Waals surface area contributed by atoms with Crippen LogP contribution in [0.1, 0.15) is 35.9 Å². The molecule has 106 valence electrons. The number of aromatic nitrogens is 2. The predicted octanol–water partition coefficient (Wildman–Crippen LogP) is 0.857. The molecule has 1 aliphatic rings. The van der Waals surface area contributed by atoms with Gasteiger partial charge in [-0.05, 0) is 32.9 Å². The van der Waals surface area contributed by atoms with Crippen LogP contribution in [0.5, 0.6) is 0 Å². The Labute approximate surface area is 113 Å². The van der Waals surface area contributed by atoms with Crippen molar-refractivity contribution in [3.8, 4) is 0 Å². The number of H-pyrrole nitrogens is 1. The summed E-state index contributed by atoms with van der Waals surface area (Å²) in [6.07, 6.45) is 2.37. The number of nitrogens with zero attached hydrogens (tertiary/aromatic N) is 3. The maximum atomic E-state index is 12.3. The molecule has 1 unspecified atom stereocenters. The van der Waals surface area contributed by atoms with E-state index in [-0.39, 0.29) is 5.91 Å². The van der Waals surface area contributed by atoms with Crippen molar-refractivity contribution in [2.24, 2.45) is 0 Å². The Morgan fingerprint density at radius 1 is 1.63 bits per heavy atom. The number of rotatable bonds is 4. The molecular weight excluding hydrogens is 242 g/mol. The molecule has 2 heterocycles. The topological polar surface area (TPSA) is 78.2 Å². The summed E-state index contributed by atoms with van der Waals surface area (Å²) in [6.45, 7) is 6.88. The van der Waals surface area contributed by atoms with Crippen LogP contribution in [0.3, 0.4) is 0 Å². The number of hydrogen-bond donors (Lipinski definition) is 2. The van der Waals surface area contributed by atoms with Gasteiger partial charge in [-0.2, -0.15) is 5.10 Å². The third kappa shape index (κ3) is 2.73. The first-order valence-corrected chi connectivity index (χ1v) is 6.84. The summed E-state index contributed by atoms with van der Waals surface area (Å²) in [4.78, 5) is 16.5. The minimum absolute atomic E-state index is 0.107. The first kappa shape index (κ1) is 13.9. The zero-order chi connectivity index (χ0) is 14.0. The second-order valence-electron chi connectivity index (χ2n) is 5.22. The van der Waals surface area contributed by atoms with Crippen LogP contribution < -0.4 is 5.73 Å². The Bertz CT molecular complexity index is 456. The molecule has 1 fully saturated rings. The highest BCUT2D eigenvalue weighted by atomic mass is 16.2. The van der Waals surface area contributed by atoms with Crippen LogP contribution in [-0.4, -0.2) is 58.6 Å². The third-order valence-corrected chi connectivity index (χ3v) is 3.93. The van der Waals surface area contributed by atoms with Crippen LogP contribution in [0.2, 0.25) is 0 Å². The van der Waals surface area contributed by atoms with Gasteiger partial charge in [0.25, 0.3) is 5.91 Å². The molecular formula is C13H23N5O. The molecule has 1 atom stereocenters. The van der Waals surface area contributed by atoms with Gasteiger partial charge in [0.15, 0.2) is 5.69 Å². The summed E-state index contributed by atoms with van der Waals surface area (Å²) in [6, 6.07) is 0.459. The van der Waals surface area contributed by atoms with E-state index >= 15 is 0 Å². The number of likely N-dealkylation sites (tertiary alicyclic amines) is 1.